The standard InChI is InChI=1S/C14H15BrN2O3S/c15-10-5-4-9(21-10)8-17-12(19)14(6-2-1-3-7-14)11(18)16-13(17)20/h4-5H,1-3,6-8H2,(H,16,18,20). The number of carbonyl (C=O) groups is 3. The largest absolute Gasteiger partial charge is 0.331 e. The van der Waals surface area contributed by atoms with Crippen LogP contribution in [0, 0.1) is 5.41 Å². The van der Waals surface area contributed by atoms with Crippen molar-refractivity contribution in [1.82, 2.24) is 10.2 Å². The average molecular weight is 371 g/mol. The molecule has 2 aliphatic rings. The fourth-order valence-corrected chi connectivity index (χ4v) is 4.54. The molecule has 1 aromatic rings. The molecule has 0 bridgehead atoms. The van der Waals surface area contributed by atoms with Crippen LogP contribution in [0.15, 0.2) is 15.9 Å². The van der Waals surface area contributed by atoms with E-state index in [0.717, 1.165) is 27.9 Å². The lowest BCUT2D eigenvalue weighted by Crippen LogP contribution is -2.63. The number of amides is 4. The van der Waals surface area contributed by atoms with Gasteiger partial charge < -0.3 is 0 Å². The van der Waals surface area contributed by atoms with E-state index in [4.69, 9.17) is 0 Å². The molecule has 1 saturated carbocycles. The molecule has 7 heteroatoms. The molecule has 1 aromatic heterocycles. The molecule has 0 aromatic carbocycles. The number of rotatable bonds is 2. The predicted octanol–water partition coefficient (Wildman–Crippen LogP) is 3.04. The molecule has 1 aliphatic carbocycles. The molecule has 5 nitrogen and oxygen atoms in total. The summed E-state index contributed by atoms with van der Waals surface area (Å²) in [6, 6.07) is 3.15. The van der Waals surface area contributed by atoms with Gasteiger partial charge in [-0.15, -0.1) is 11.3 Å². The van der Waals surface area contributed by atoms with Crippen LogP contribution in [0.4, 0.5) is 4.79 Å². The molecule has 1 saturated heterocycles. The summed E-state index contributed by atoms with van der Waals surface area (Å²) < 4.78 is 0.950. The highest BCUT2D eigenvalue weighted by Crippen LogP contribution is 2.40. The summed E-state index contributed by atoms with van der Waals surface area (Å²) in [6.07, 6.45) is 3.82. The topological polar surface area (TPSA) is 66.5 Å². The van der Waals surface area contributed by atoms with Gasteiger partial charge >= 0.3 is 6.03 Å². The van der Waals surface area contributed by atoms with E-state index in [0.29, 0.717) is 12.8 Å². The van der Waals surface area contributed by atoms with Crippen LogP contribution in [0.3, 0.4) is 0 Å². The van der Waals surface area contributed by atoms with E-state index in [9.17, 15) is 14.4 Å². The molecule has 1 N–H and O–H groups in total. The third-order valence-corrected chi connectivity index (χ3v) is 5.81. The van der Waals surface area contributed by atoms with E-state index >= 15 is 0 Å². The predicted molar refractivity (Wildman–Crippen MR) is 81.6 cm³/mol. The molecule has 3 rings (SSSR count). The molecule has 0 unspecified atom stereocenters. The van der Waals surface area contributed by atoms with Crippen molar-refractivity contribution in [2.45, 2.75) is 38.6 Å². The second-order valence-electron chi connectivity index (χ2n) is 5.50. The van der Waals surface area contributed by atoms with Gasteiger partial charge in [0, 0.05) is 4.88 Å². The van der Waals surface area contributed by atoms with Crippen LogP contribution >= 0.6 is 27.3 Å². The molecular formula is C14H15BrN2O3S. The average Bonchev–Trinajstić information content (AvgIpc) is 2.88. The van der Waals surface area contributed by atoms with E-state index in [2.05, 4.69) is 21.2 Å². The van der Waals surface area contributed by atoms with Gasteiger partial charge in [0.15, 0.2) is 0 Å². The number of halogens is 1. The summed E-state index contributed by atoms with van der Waals surface area (Å²) >= 11 is 4.85. The molecule has 0 atom stereocenters. The Bertz CT molecular complexity index is 607. The third-order valence-electron chi connectivity index (χ3n) is 4.20. The van der Waals surface area contributed by atoms with Crippen LogP contribution < -0.4 is 5.32 Å². The molecule has 112 valence electrons. The van der Waals surface area contributed by atoms with Gasteiger partial charge in [-0.25, -0.2) is 4.79 Å². The Morgan fingerprint density at radius 3 is 2.52 bits per heavy atom. The Hall–Kier alpha value is -1.21. The lowest BCUT2D eigenvalue weighted by molar-refractivity contribution is -0.154. The summed E-state index contributed by atoms with van der Waals surface area (Å²) in [5, 5.41) is 2.37. The summed E-state index contributed by atoms with van der Waals surface area (Å²) in [5.41, 5.74) is -1.03. The van der Waals surface area contributed by atoms with Crippen LogP contribution in [-0.2, 0) is 16.1 Å². The van der Waals surface area contributed by atoms with Crippen molar-refractivity contribution >= 4 is 45.1 Å². The van der Waals surface area contributed by atoms with Gasteiger partial charge in [0.1, 0.15) is 5.41 Å². The van der Waals surface area contributed by atoms with Crippen molar-refractivity contribution in [3.05, 3.63) is 20.8 Å². The number of hydrogen-bond acceptors (Lipinski definition) is 4. The number of carbonyl (C=O) groups excluding carboxylic acids is 3. The van der Waals surface area contributed by atoms with Crippen molar-refractivity contribution in [3.63, 3.8) is 0 Å². The Morgan fingerprint density at radius 2 is 1.90 bits per heavy atom. The molecule has 4 amide bonds. The first-order chi connectivity index (χ1) is 10.0. The highest BCUT2D eigenvalue weighted by molar-refractivity contribution is 9.11. The second-order valence-corrected chi connectivity index (χ2v) is 8.05. The summed E-state index contributed by atoms with van der Waals surface area (Å²) in [7, 11) is 0. The SMILES string of the molecule is O=C1NC(=O)C2(CCCCC2)C(=O)N1Cc1ccc(Br)s1. The van der Waals surface area contributed by atoms with Crippen molar-refractivity contribution in [2.24, 2.45) is 5.41 Å². The minimum absolute atomic E-state index is 0.218. The molecule has 1 spiro atoms. The normalized spacial score (nSPS) is 21.8. The first kappa shape index (κ1) is 14.7. The summed E-state index contributed by atoms with van der Waals surface area (Å²) in [6.45, 7) is 0.218. The van der Waals surface area contributed by atoms with Gasteiger partial charge in [-0.2, -0.15) is 0 Å². The lowest BCUT2D eigenvalue weighted by atomic mass is 9.71. The van der Waals surface area contributed by atoms with E-state index < -0.39 is 17.4 Å². The molecule has 21 heavy (non-hydrogen) atoms. The maximum atomic E-state index is 12.8. The van der Waals surface area contributed by atoms with Crippen molar-refractivity contribution in [2.75, 3.05) is 0 Å². The summed E-state index contributed by atoms with van der Waals surface area (Å²) in [4.78, 5) is 39.1. The van der Waals surface area contributed by atoms with E-state index in [-0.39, 0.29) is 12.5 Å². The summed E-state index contributed by atoms with van der Waals surface area (Å²) in [5.74, 6) is -0.749. The number of barbiturate groups is 1. The van der Waals surface area contributed by atoms with Crippen LogP contribution in [0.1, 0.15) is 37.0 Å². The maximum absolute atomic E-state index is 12.8. The smallest absolute Gasteiger partial charge is 0.277 e. The van der Waals surface area contributed by atoms with Crippen LogP contribution in [0.2, 0.25) is 0 Å². The zero-order chi connectivity index (χ0) is 15.0. The second kappa shape index (κ2) is 5.53. The molecule has 2 fully saturated rings. The minimum atomic E-state index is -1.03. The molecule has 1 aliphatic heterocycles. The Labute approximate surface area is 134 Å². The van der Waals surface area contributed by atoms with Gasteiger partial charge in [0.05, 0.1) is 10.3 Å². The maximum Gasteiger partial charge on any atom is 0.331 e. The first-order valence-corrected chi connectivity index (χ1v) is 8.55. The third kappa shape index (κ3) is 2.53. The van der Waals surface area contributed by atoms with Crippen LogP contribution in [0.5, 0.6) is 0 Å². The molecule has 0 radical (unpaired) electrons. The van der Waals surface area contributed by atoms with Gasteiger partial charge in [-0.05, 0) is 40.9 Å². The highest BCUT2D eigenvalue weighted by atomic mass is 79.9. The fraction of sp³-hybridized carbons (Fsp3) is 0.500. The van der Waals surface area contributed by atoms with Crippen molar-refractivity contribution in [1.29, 1.82) is 0 Å². The van der Waals surface area contributed by atoms with Crippen LogP contribution in [-0.4, -0.2) is 22.7 Å². The monoisotopic (exact) mass is 370 g/mol. The van der Waals surface area contributed by atoms with Gasteiger partial charge in [-0.1, -0.05) is 19.3 Å². The lowest BCUT2D eigenvalue weighted by Gasteiger charge is -2.41. The number of thiophene rings is 1. The van der Waals surface area contributed by atoms with Crippen LogP contribution in [0.25, 0.3) is 0 Å². The Kier molecular flexibility index (Phi) is 3.88. The van der Waals surface area contributed by atoms with Crippen molar-refractivity contribution < 1.29 is 14.4 Å². The highest BCUT2D eigenvalue weighted by Gasteiger charge is 2.53. The molecular weight excluding hydrogens is 356 g/mol. The minimum Gasteiger partial charge on any atom is -0.277 e. The first-order valence-electron chi connectivity index (χ1n) is 6.94. The number of imide groups is 2. The Balaban J connectivity index is 1.87. The van der Waals surface area contributed by atoms with Gasteiger partial charge in [0.25, 0.3) is 0 Å². The molecule has 2 heterocycles. The van der Waals surface area contributed by atoms with E-state index in [1.807, 2.05) is 12.1 Å². The van der Waals surface area contributed by atoms with E-state index in [1.54, 1.807) is 0 Å². The Morgan fingerprint density at radius 1 is 1.19 bits per heavy atom. The fourth-order valence-electron chi connectivity index (χ4n) is 3.06. The van der Waals surface area contributed by atoms with Gasteiger partial charge in [0.2, 0.25) is 11.8 Å². The quantitative estimate of drug-likeness (QED) is 0.813. The van der Waals surface area contributed by atoms with Crippen molar-refractivity contribution in [3.8, 4) is 0 Å². The number of nitrogens with one attached hydrogen (secondary N) is 1. The number of urea groups is 1. The number of hydrogen-bond donors (Lipinski definition) is 1. The van der Waals surface area contributed by atoms with E-state index in [1.165, 1.54) is 16.2 Å². The number of nitrogens with zero attached hydrogens (tertiary/aromatic N) is 1. The zero-order valence-electron chi connectivity index (χ0n) is 11.4. The zero-order valence-corrected chi connectivity index (χ0v) is 13.8. The van der Waals surface area contributed by atoms with Gasteiger partial charge in [-0.3, -0.25) is 19.8 Å².